The van der Waals surface area contributed by atoms with Gasteiger partial charge >= 0.3 is 0 Å². The number of rotatable bonds is 9. The summed E-state index contributed by atoms with van der Waals surface area (Å²) in [5.41, 5.74) is 1.10. The lowest BCUT2D eigenvalue weighted by molar-refractivity contribution is -0.121. The highest BCUT2D eigenvalue weighted by Gasteiger charge is 2.16. The first kappa shape index (κ1) is 18.9. The number of aromatic nitrogens is 2. The Labute approximate surface area is 148 Å². The highest BCUT2D eigenvalue weighted by molar-refractivity contribution is 5.75. The fraction of sp³-hybridized carbons (Fsp3) is 0.500. The van der Waals surface area contributed by atoms with E-state index in [-0.39, 0.29) is 11.9 Å². The van der Waals surface area contributed by atoms with E-state index in [0.29, 0.717) is 37.5 Å². The van der Waals surface area contributed by atoms with E-state index in [1.165, 1.54) is 0 Å². The molecule has 1 aromatic heterocycles. The molecule has 0 fully saturated rings. The van der Waals surface area contributed by atoms with Crippen molar-refractivity contribution in [3.8, 4) is 5.75 Å². The van der Waals surface area contributed by atoms with E-state index in [4.69, 9.17) is 9.26 Å². The van der Waals surface area contributed by atoms with Gasteiger partial charge in [-0.1, -0.05) is 17.3 Å². The van der Waals surface area contributed by atoms with Gasteiger partial charge in [0.05, 0.1) is 13.2 Å². The van der Waals surface area contributed by atoms with Crippen molar-refractivity contribution in [2.24, 2.45) is 0 Å². The summed E-state index contributed by atoms with van der Waals surface area (Å²) in [7, 11) is 5.64. The topological polar surface area (TPSA) is 80.5 Å². The Kier molecular flexibility index (Phi) is 6.94. The molecule has 7 heteroatoms. The van der Waals surface area contributed by atoms with Gasteiger partial charge in [0.2, 0.25) is 11.8 Å². The van der Waals surface area contributed by atoms with Crippen LogP contribution in [0, 0.1) is 6.92 Å². The van der Waals surface area contributed by atoms with Crippen LogP contribution in [0.15, 0.2) is 28.8 Å². The van der Waals surface area contributed by atoms with Crippen molar-refractivity contribution < 1.29 is 14.1 Å². The van der Waals surface area contributed by atoms with Gasteiger partial charge in [-0.2, -0.15) is 4.98 Å². The number of methoxy groups -OCH3 is 1. The summed E-state index contributed by atoms with van der Waals surface area (Å²) >= 11 is 0. The van der Waals surface area contributed by atoms with Crippen molar-refractivity contribution >= 4 is 5.91 Å². The molecular weight excluding hydrogens is 320 g/mol. The monoisotopic (exact) mass is 346 g/mol. The highest BCUT2D eigenvalue weighted by Crippen LogP contribution is 2.22. The van der Waals surface area contributed by atoms with Gasteiger partial charge in [0, 0.05) is 19.4 Å². The molecule has 0 aliphatic heterocycles. The number of likely N-dealkylation sites (N-methyl/N-ethyl adjacent to an activating group) is 1. The molecule has 1 heterocycles. The van der Waals surface area contributed by atoms with Crippen molar-refractivity contribution in [3.05, 3.63) is 41.5 Å². The first-order valence-corrected chi connectivity index (χ1v) is 8.36. The van der Waals surface area contributed by atoms with E-state index in [1.54, 1.807) is 14.0 Å². The molecule has 136 valence electrons. The van der Waals surface area contributed by atoms with Gasteiger partial charge in [0.15, 0.2) is 5.82 Å². The van der Waals surface area contributed by atoms with Crippen LogP contribution in [0.2, 0.25) is 0 Å². The molecule has 0 saturated heterocycles. The SMILES string of the molecule is COc1cccc(C(CNC(=O)CCCc2nc(C)no2)N(C)C)c1. The third-order valence-electron chi connectivity index (χ3n) is 3.96. The number of nitrogens with zero attached hydrogens (tertiary/aromatic N) is 3. The van der Waals surface area contributed by atoms with Gasteiger partial charge in [-0.3, -0.25) is 4.79 Å². The lowest BCUT2D eigenvalue weighted by Gasteiger charge is -2.25. The first-order valence-electron chi connectivity index (χ1n) is 8.36. The van der Waals surface area contributed by atoms with Crippen LogP contribution in [-0.2, 0) is 11.2 Å². The minimum Gasteiger partial charge on any atom is -0.497 e. The largest absolute Gasteiger partial charge is 0.497 e. The van der Waals surface area contributed by atoms with Crippen molar-refractivity contribution in [2.45, 2.75) is 32.2 Å². The molecule has 1 aromatic carbocycles. The zero-order valence-corrected chi connectivity index (χ0v) is 15.3. The van der Waals surface area contributed by atoms with Crippen LogP contribution in [0.4, 0.5) is 0 Å². The number of amides is 1. The van der Waals surface area contributed by atoms with Gasteiger partial charge in [-0.15, -0.1) is 0 Å². The van der Waals surface area contributed by atoms with E-state index in [1.807, 2.05) is 38.4 Å². The van der Waals surface area contributed by atoms with Crippen molar-refractivity contribution in [1.82, 2.24) is 20.4 Å². The number of aryl methyl sites for hydroxylation is 2. The number of carbonyl (C=O) groups is 1. The third-order valence-corrected chi connectivity index (χ3v) is 3.96. The molecular formula is C18H26N4O3. The summed E-state index contributed by atoms with van der Waals surface area (Å²) in [6, 6.07) is 7.98. The number of carbonyl (C=O) groups excluding carboxylic acids is 1. The molecule has 2 rings (SSSR count). The molecule has 0 aliphatic rings. The number of hydrogen-bond donors (Lipinski definition) is 1. The van der Waals surface area contributed by atoms with E-state index in [9.17, 15) is 4.79 Å². The van der Waals surface area contributed by atoms with E-state index in [2.05, 4.69) is 20.4 Å². The van der Waals surface area contributed by atoms with Gasteiger partial charge in [0.1, 0.15) is 5.75 Å². The number of nitrogens with one attached hydrogen (secondary N) is 1. The van der Waals surface area contributed by atoms with Crippen LogP contribution in [0.25, 0.3) is 0 Å². The minimum absolute atomic E-state index is 0.0194. The summed E-state index contributed by atoms with van der Waals surface area (Å²) in [5, 5.41) is 6.74. The minimum atomic E-state index is 0.0194. The number of hydrogen-bond acceptors (Lipinski definition) is 6. The molecule has 1 N–H and O–H groups in total. The Morgan fingerprint density at radius 3 is 2.84 bits per heavy atom. The number of ether oxygens (including phenoxy) is 1. The van der Waals surface area contributed by atoms with Crippen LogP contribution >= 0.6 is 0 Å². The van der Waals surface area contributed by atoms with Crippen molar-refractivity contribution in [1.29, 1.82) is 0 Å². The molecule has 7 nitrogen and oxygen atoms in total. The quantitative estimate of drug-likeness (QED) is 0.749. The standard InChI is InChI=1S/C18H26N4O3/c1-13-20-18(25-21-13)10-6-9-17(23)19-12-16(22(2)3)14-7-5-8-15(11-14)24-4/h5,7-8,11,16H,6,9-10,12H2,1-4H3,(H,19,23). The first-order chi connectivity index (χ1) is 12.0. The fourth-order valence-corrected chi connectivity index (χ4v) is 2.59. The maximum atomic E-state index is 12.1. The second-order valence-corrected chi connectivity index (χ2v) is 6.15. The normalized spacial score (nSPS) is 12.2. The van der Waals surface area contributed by atoms with Crippen LogP contribution in [0.5, 0.6) is 5.75 Å². The molecule has 1 unspecified atom stereocenters. The summed E-state index contributed by atoms with van der Waals surface area (Å²) in [4.78, 5) is 18.3. The van der Waals surface area contributed by atoms with Crippen molar-refractivity contribution in [2.75, 3.05) is 27.7 Å². The third kappa shape index (κ3) is 5.86. The maximum Gasteiger partial charge on any atom is 0.226 e. The molecule has 0 saturated carbocycles. The Bertz CT molecular complexity index is 684. The lowest BCUT2D eigenvalue weighted by atomic mass is 10.1. The Hall–Kier alpha value is -2.41. The summed E-state index contributed by atoms with van der Waals surface area (Å²) in [6.07, 6.45) is 1.72. The molecule has 0 spiro atoms. The van der Waals surface area contributed by atoms with Gasteiger partial charge in [-0.25, -0.2) is 0 Å². The predicted molar refractivity (Wildman–Crippen MR) is 94.4 cm³/mol. The second-order valence-electron chi connectivity index (χ2n) is 6.15. The van der Waals surface area contributed by atoms with Crippen molar-refractivity contribution in [3.63, 3.8) is 0 Å². The summed E-state index contributed by atoms with van der Waals surface area (Å²) in [5.74, 6) is 2.02. The molecule has 25 heavy (non-hydrogen) atoms. The summed E-state index contributed by atoms with van der Waals surface area (Å²) in [6.45, 7) is 2.32. The molecule has 1 atom stereocenters. The van der Waals surface area contributed by atoms with Crippen LogP contribution < -0.4 is 10.1 Å². The zero-order chi connectivity index (χ0) is 18.2. The van der Waals surface area contributed by atoms with Gasteiger partial charge in [-0.05, 0) is 45.1 Å². The number of benzene rings is 1. The van der Waals surface area contributed by atoms with Crippen LogP contribution in [-0.4, -0.2) is 48.7 Å². The van der Waals surface area contributed by atoms with Gasteiger partial charge in [0.25, 0.3) is 0 Å². The second kappa shape index (κ2) is 9.17. The van der Waals surface area contributed by atoms with Crippen LogP contribution in [0.3, 0.4) is 0 Å². The molecule has 1 amide bonds. The average molecular weight is 346 g/mol. The molecule has 0 radical (unpaired) electrons. The highest BCUT2D eigenvalue weighted by atomic mass is 16.5. The lowest BCUT2D eigenvalue weighted by Crippen LogP contribution is -2.34. The molecule has 2 aromatic rings. The Balaban J connectivity index is 1.82. The van der Waals surface area contributed by atoms with E-state index >= 15 is 0 Å². The van der Waals surface area contributed by atoms with E-state index in [0.717, 1.165) is 11.3 Å². The average Bonchev–Trinajstić information content (AvgIpc) is 3.00. The molecule has 0 aliphatic carbocycles. The Morgan fingerprint density at radius 1 is 1.40 bits per heavy atom. The zero-order valence-electron chi connectivity index (χ0n) is 15.3. The predicted octanol–water partition coefficient (Wildman–Crippen LogP) is 2.13. The fourth-order valence-electron chi connectivity index (χ4n) is 2.59. The van der Waals surface area contributed by atoms with E-state index < -0.39 is 0 Å². The van der Waals surface area contributed by atoms with Crippen LogP contribution in [0.1, 0.15) is 36.2 Å². The van der Waals surface area contributed by atoms with Gasteiger partial charge < -0.3 is 19.5 Å². The summed E-state index contributed by atoms with van der Waals surface area (Å²) < 4.78 is 10.3. The molecule has 0 bridgehead atoms. The Morgan fingerprint density at radius 2 is 2.20 bits per heavy atom. The smallest absolute Gasteiger partial charge is 0.226 e. The maximum absolute atomic E-state index is 12.1.